The van der Waals surface area contributed by atoms with Crippen molar-refractivity contribution in [3.63, 3.8) is 0 Å². The first kappa shape index (κ1) is 15.7. The molecule has 0 N–H and O–H groups in total. The number of hydrogen-bond acceptors (Lipinski definition) is 0. The van der Waals surface area contributed by atoms with E-state index in [0.29, 0.717) is 0 Å². The molecular formula is C6H15K. The van der Waals surface area contributed by atoms with Crippen molar-refractivity contribution in [2.75, 3.05) is 0 Å². The minimum Gasteiger partial charge on any atom is -1.00 e. The second kappa shape index (κ2) is 27.0. The summed E-state index contributed by atoms with van der Waals surface area (Å²) in [5, 5.41) is 0. The molecule has 0 aromatic heterocycles. The largest absolute Gasteiger partial charge is 1.00 e. The molecule has 0 spiro atoms. The Hall–Kier alpha value is 1.20. The average Bonchev–Trinajstić information content (AvgIpc) is 1.41. The molecule has 0 heterocycles. The van der Waals surface area contributed by atoms with Gasteiger partial charge in [0.15, 0.2) is 0 Å². The first-order valence-electron chi connectivity index (χ1n) is 1.81. The molecule has 0 rings (SSSR count). The van der Waals surface area contributed by atoms with Crippen LogP contribution in [-0.4, -0.2) is 0 Å². The smallest absolute Gasteiger partial charge is 1.00 e. The van der Waals surface area contributed by atoms with Crippen LogP contribution in [0.15, 0.2) is 0 Å². The molecule has 0 aromatic carbocycles. The van der Waals surface area contributed by atoms with Crippen molar-refractivity contribution in [3.05, 3.63) is 0 Å². The van der Waals surface area contributed by atoms with E-state index < -0.39 is 0 Å². The fourth-order valence-corrected chi connectivity index (χ4v) is 0. The maximum absolute atomic E-state index is 6.24. The van der Waals surface area contributed by atoms with Crippen molar-refractivity contribution in [1.82, 2.24) is 0 Å². The number of terminal acetylenes is 1. The Morgan fingerprint density at radius 2 is 2.29 bits per heavy atom. The molecule has 0 saturated heterocycles. The van der Waals surface area contributed by atoms with Gasteiger partial charge in [0.25, 0.3) is 0 Å². The Morgan fingerprint density at radius 1 is 1.86 bits per heavy atom. The van der Waals surface area contributed by atoms with Crippen molar-refractivity contribution in [2.24, 2.45) is 0 Å². The van der Waals surface area contributed by atoms with E-state index in [1.165, 1.54) is 0 Å². The predicted octanol–water partition coefficient (Wildman–Crippen LogP) is -0.582. The minimum atomic E-state index is 0. The van der Waals surface area contributed by atoms with E-state index in [1.807, 2.05) is 13.3 Å². The quantitative estimate of drug-likeness (QED) is 0.302. The van der Waals surface area contributed by atoms with Gasteiger partial charge in [-0.2, -0.15) is 0 Å². The minimum absolute atomic E-state index is 0. The van der Waals surface area contributed by atoms with Crippen LogP contribution in [0, 0.1) is 12.3 Å². The van der Waals surface area contributed by atoms with Crippen LogP contribution in [0.1, 0.15) is 31.0 Å². The van der Waals surface area contributed by atoms with Crippen LogP contribution in [0.25, 0.3) is 0 Å². The van der Waals surface area contributed by atoms with Crippen molar-refractivity contribution in [1.29, 1.82) is 0 Å². The molecule has 0 aliphatic carbocycles. The molecule has 7 heavy (non-hydrogen) atoms. The van der Waals surface area contributed by atoms with Gasteiger partial charge in [0, 0.05) is 6.42 Å². The molecule has 0 saturated carbocycles. The summed E-state index contributed by atoms with van der Waals surface area (Å²) in [5.41, 5.74) is 0. The molecule has 0 aromatic rings. The Morgan fingerprint density at radius 3 is 2.29 bits per heavy atom. The van der Waals surface area contributed by atoms with Gasteiger partial charge in [-0.15, -0.1) is 12.3 Å². The second-order valence-electron chi connectivity index (χ2n) is 0.530. The molecule has 0 bridgehead atoms. The summed E-state index contributed by atoms with van der Waals surface area (Å²) < 4.78 is 6.24. The molecule has 0 aliphatic heterocycles. The van der Waals surface area contributed by atoms with Crippen molar-refractivity contribution in [3.8, 4) is 12.3 Å². The van der Waals surface area contributed by atoms with E-state index in [-0.39, 0.29) is 67.7 Å². The first-order valence-corrected chi connectivity index (χ1v) is 1.31. The van der Waals surface area contributed by atoms with Gasteiger partial charge in [-0.1, -0.05) is 21.8 Å². The third-order valence-corrected chi connectivity index (χ3v) is 0.177. The first-order chi connectivity index (χ1) is 2.41. The summed E-state index contributed by atoms with van der Waals surface area (Å²) in [6, 6.07) is 0. The van der Waals surface area contributed by atoms with Crippen LogP contribution in [-0.2, 0) is 0 Å². The van der Waals surface area contributed by atoms with Crippen molar-refractivity contribution in [2.45, 2.75) is 28.2 Å². The Labute approximate surface area is 93.4 Å². The van der Waals surface area contributed by atoms with E-state index in [4.69, 9.17) is 1.37 Å². The van der Waals surface area contributed by atoms with Gasteiger partial charge in [-0.05, 0) is 0 Å². The molecule has 0 amide bonds. The van der Waals surface area contributed by atoms with Crippen LogP contribution >= 0.6 is 0 Å². The van der Waals surface area contributed by atoms with Gasteiger partial charge in [0.05, 0.1) is 0 Å². The molecule has 0 aliphatic rings. The van der Waals surface area contributed by atoms with Gasteiger partial charge in [-0.25, -0.2) is 0 Å². The Bertz CT molecular complexity index is 63.2. The van der Waals surface area contributed by atoms with Crippen LogP contribution in [0.2, 0.25) is 0 Å². The zero-order chi connectivity index (χ0) is 4.12. The van der Waals surface area contributed by atoms with Gasteiger partial charge in [-0.3, -0.25) is 0 Å². The van der Waals surface area contributed by atoms with Gasteiger partial charge < -0.3 is 1.43 Å². The SMILES string of the molecule is C.C.[2H]C#CCC.[H-].[K+]. The fourth-order valence-electron chi connectivity index (χ4n) is 0. The molecular weight excluding hydrogens is 111 g/mol. The molecule has 0 unspecified atom stereocenters. The van der Waals surface area contributed by atoms with Crippen molar-refractivity contribution < 1.29 is 54.2 Å². The van der Waals surface area contributed by atoms with Crippen LogP contribution in [0.5, 0.6) is 0 Å². The third kappa shape index (κ3) is 40.3. The van der Waals surface area contributed by atoms with Crippen molar-refractivity contribution >= 4 is 0 Å². The molecule has 0 nitrogen and oxygen atoms in total. The topological polar surface area (TPSA) is 0 Å². The summed E-state index contributed by atoms with van der Waals surface area (Å²) in [5.74, 6) is 2.53. The van der Waals surface area contributed by atoms with E-state index in [0.717, 1.165) is 6.42 Å². The van der Waals surface area contributed by atoms with E-state index in [2.05, 4.69) is 5.92 Å². The molecule has 0 fully saturated rings. The van der Waals surface area contributed by atoms with E-state index >= 15 is 0 Å². The summed E-state index contributed by atoms with van der Waals surface area (Å²) in [6.07, 6.45) is 2.81. The van der Waals surface area contributed by atoms with Gasteiger partial charge in [0.1, 0.15) is 1.37 Å². The van der Waals surface area contributed by atoms with E-state index in [1.54, 1.807) is 0 Å². The standard InChI is InChI=1S/C4H6.2CH4.K.H/c1-3-4-2;;;;/h1H,4H2,2H3;2*1H4;;/q;;;+1;-1/i1D;;;;. The maximum Gasteiger partial charge on any atom is 1.00 e. The summed E-state index contributed by atoms with van der Waals surface area (Å²) in [4.78, 5) is 0. The Kier molecular flexibility index (Phi) is 60.7. The van der Waals surface area contributed by atoms with Crippen LogP contribution in [0.4, 0.5) is 0 Å². The van der Waals surface area contributed by atoms with Crippen LogP contribution < -0.4 is 51.4 Å². The molecule has 0 radical (unpaired) electrons. The maximum atomic E-state index is 6.24. The zero-order valence-electron chi connectivity index (χ0n) is 5.71. The summed E-state index contributed by atoms with van der Waals surface area (Å²) in [6.45, 7) is 1.92. The number of rotatable bonds is 0. The molecule has 1 heteroatoms. The fraction of sp³-hybridized carbons (Fsp3) is 0.667. The monoisotopic (exact) mass is 127 g/mol. The van der Waals surface area contributed by atoms with E-state index in [9.17, 15) is 0 Å². The summed E-state index contributed by atoms with van der Waals surface area (Å²) in [7, 11) is 0. The zero-order valence-corrected chi connectivity index (χ0v) is 6.83. The van der Waals surface area contributed by atoms with Crippen LogP contribution in [0.3, 0.4) is 0 Å². The average molecular weight is 127 g/mol. The molecule has 40 valence electrons. The predicted molar refractivity (Wildman–Crippen MR) is 33.7 cm³/mol. The Balaban J connectivity index is -0.0000000133. The second-order valence-corrected chi connectivity index (χ2v) is 0.530. The normalized spacial score (nSPS) is 3.86. The number of hydrogen-bond donors (Lipinski definition) is 0. The van der Waals surface area contributed by atoms with Gasteiger partial charge >= 0.3 is 51.4 Å². The summed E-state index contributed by atoms with van der Waals surface area (Å²) >= 11 is 0. The van der Waals surface area contributed by atoms with Gasteiger partial charge in [0.2, 0.25) is 0 Å². The molecule has 0 atom stereocenters. The third-order valence-electron chi connectivity index (χ3n) is 0.177.